The summed E-state index contributed by atoms with van der Waals surface area (Å²) in [5.74, 6) is 5.17. The summed E-state index contributed by atoms with van der Waals surface area (Å²) in [5.41, 5.74) is -1.30. The van der Waals surface area contributed by atoms with E-state index in [-0.39, 0.29) is 0 Å². The molecule has 4 atom stereocenters. The second-order valence-corrected chi connectivity index (χ2v) is 4.94. The van der Waals surface area contributed by atoms with E-state index in [0.717, 1.165) is 10.6 Å². The van der Waals surface area contributed by atoms with Crippen LogP contribution in [0.15, 0.2) is 21.9 Å². The van der Waals surface area contributed by atoms with Crippen LogP contribution in [0, 0.1) is 11.8 Å². The van der Waals surface area contributed by atoms with E-state index in [9.17, 15) is 19.8 Å². The van der Waals surface area contributed by atoms with E-state index < -0.39 is 41.2 Å². The standard InChI is InChI=1S/C12H13ClN2O5/c1-2-4-12(13)9(18)7(6-16)20-10(12)15-5-3-8(17)14-11(15)19/h3,5,7,9-10,16,18H,6H2,1H3,(H,14,17,19). The Morgan fingerprint density at radius 2 is 2.30 bits per heavy atom. The average Bonchev–Trinajstić information content (AvgIpc) is 2.63. The predicted octanol–water partition coefficient (Wildman–Crippen LogP) is -1.21. The Hall–Kier alpha value is -1.59. The van der Waals surface area contributed by atoms with Crippen molar-refractivity contribution in [2.45, 2.75) is 30.2 Å². The van der Waals surface area contributed by atoms with Gasteiger partial charge in [0, 0.05) is 12.3 Å². The molecule has 1 aliphatic rings. The van der Waals surface area contributed by atoms with E-state index in [1.807, 2.05) is 0 Å². The van der Waals surface area contributed by atoms with Crippen molar-refractivity contribution >= 4 is 11.6 Å². The van der Waals surface area contributed by atoms with Crippen LogP contribution in [-0.4, -0.2) is 43.5 Å². The molecule has 0 radical (unpaired) electrons. The van der Waals surface area contributed by atoms with Gasteiger partial charge in [-0.15, -0.1) is 5.92 Å². The number of aliphatic hydroxyl groups excluding tert-OH is 2. The van der Waals surface area contributed by atoms with Crippen LogP contribution in [0.2, 0.25) is 0 Å². The number of aromatic amines is 1. The number of aliphatic hydroxyl groups is 2. The Morgan fingerprint density at radius 1 is 1.60 bits per heavy atom. The number of hydrogen-bond donors (Lipinski definition) is 3. The largest absolute Gasteiger partial charge is 0.394 e. The number of nitrogens with zero attached hydrogens (tertiary/aromatic N) is 1. The molecule has 0 aromatic carbocycles. The van der Waals surface area contributed by atoms with Gasteiger partial charge in [-0.25, -0.2) is 4.79 Å². The summed E-state index contributed by atoms with van der Waals surface area (Å²) >= 11 is 6.30. The number of aromatic nitrogens is 2. The van der Waals surface area contributed by atoms with Crippen LogP contribution >= 0.6 is 11.6 Å². The topological polar surface area (TPSA) is 105 Å². The van der Waals surface area contributed by atoms with Gasteiger partial charge in [0.25, 0.3) is 5.56 Å². The SMILES string of the molecule is CC#CC1(Cl)C(O)C(CO)OC1n1ccc(=O)[nH]c1=O. The first kappa shape index (κ1) is 14.8. The molecule has 20 heavy (non-hydrogen) atoms. The lowest BCUT2D eigenvalue weighted by Crippen LogP contribution is -2.44. The Bertz CT molecular complexity index is 673. The third-order valence-corrected chi connectivity index (χ3v) is 3.55. The first-order valence-corrected chi connectivity index (χ1v) is 6.20. The van der Waals surface area contributed by atoms with Crippen LogP contribution in [0.4, 0.5) is 0 Å². The predicted molar refractivity (Wildman–Crippen MR) is 70.4 cm³/mol. The van der Waals surface area contributed by atoms with Crippen LogP contribution in [-0.2, 0) is 4.74 Å². The maximum atomic E-state index is 11.8. The van der Waals surface area contributed by atoms with Crippen LogP contribution in [0.25, 0.3) is 0 Å². The zero-order chi connectivity index (χ0) is 14.9. The van der Waals surface area contributed by atoms with Gasteiger partial charge in [0.15, 0.2) is 11.1 Å². The minimum atomic E-state index is -1.59. The number of ether oxygens (including phenoxy) is 1. The van der Waals surface area contributed by atoms with Crippen molar-refractivity contribution in [2.24, 2.45) is 0 Å². The molecule has 0 amide bonds. The number of H-pyrrole nitrogens is 1. The van der Waals surface area contributed by atoms with Crippen molar-refractivity contribution < 1.29 is 14.9 Å². The van der Waals surface area contributed by atoms with Gasteiger partial charge in [-0.3, -0.25) is 14.3 Å². The maximum absolute atomic E-state index is 11.8. The summed E-state index contributed by atoms with van der Waals surface area (Å²) in [4.78, 5) is 23.3. The molecule has 1 aliphatic heterocycles. The smallest absolute Gasteiger partial charge is 0.330 e. The minimum Gasteiger partial charge on any atom is -0.394 e. The molecule has 4 unspecified atom stereocenters. The van der Waals surface area contributed by atoms with Crippen LogP contribution in [0.1, 0.15) is 13.2 Å². The Labute approximate surface area is 118 Å². The molecule has 108 valence electrons. The fraction of sp³-hybridized carbons (Fsp3) is 0.500. The first-order chi connectivity index (χ1) is 9.43. The Kier molecular flexibility index (Phi) is 4.01. The van der Waals surface area contributed by atoms with Crippen LogP contribution in [0.3, 0.4) is 0 Å². The lowest BCUT2D eigenvalue weighted by atomic mass is 9.99. The van der Waals surface area contributed by atoms with Gasteiger partial charge in [0.05, 0.1) is 6.61 Å². The summed E-state index contributed by atoms with van der Waals surface area (Å²) < 4.78 is 6.43. The summed E-state index contributed by atoms with van der Waals surface area (Å²) in [5, 5.41) is 19.3. The van der Waals surface area contributed by atoms with E-state index >= 15 is 0 Å². The van der Waals surface area contributed by atoms with Gasteiger partial charge in [0.1, 0.15) is 12.2 Å². The quantitative estimate of drug-likeness (QED) is 0.469. The zero-order valence-corrected chi connectivity index (χ0v) is 11.3. The molecule has 0 spiro atoms. The van der Waals surface area contributed by atoms with Gasteiger partial charge in [-0.05, 0) is 6.92 Å². The molecule has 8 heteroatoms. The molecule has 1 aromatic heterocycles. The van der Waals surface area contributed by atoms with Gasteiger partial charge in [0.2, 0.25) is 0 Å². The molecule has 2 heterocycles. The van der Waals surface area contributed by atoms with Crippen molar-refractivity contribution in [3.63, 3.8) is 0 Å². The fourth-order valence-electron chi connectivity index (χ4n) is 2.11. The van der Waals surface area contributed by atoms with E-state index in [1.54, 1.807) is 0 Å². The molecule has 0 bridgehead atoms. The summed E-state index contributed by atoms with van der Waals surface area (Å²) in [6, 6.07) is 1.13. The lowest BCUT2D eigenvalue weighted by Gasteiger charge is -2.25. The minimum absolute atomic E-state index is 0.477. The zero-order valence-electron chi connectivity index (χ0n) is 10.5. The van der Waals surface area contributed by atoms with Crippen molar-refractivity contribution in [1.82, 2.24) is 9.55 Å². The molecule has 3 N–H and O–H groups in total. The summed E-state index contributed by atoms with van der Waals surface area (Å²) in [6.45, 7) is 1.05. The molecule has 1 saturated heterocycles. The van der Waals surface area contributed by atoms with E-state index in [2.05, 4.69) is 16.8 Å². The lowest BCUT2D eigenvalue weighted by molar-refractivity contribution is -0.0464. The molecular weight excluding hydrogens is 288 g/mol. The van der Waals surface area contributed by atoms with E-state index in [4.69, 9.17) is 16.3 Å². The molecule has 7 nitrogen and oxygen atoms in total. The summed E-state index contributed by atoms with van der Waals surface area (Å²) in [6.07, 6.45) is -2.19. The molecule has 1 fully saturated rings. The molecule has 2 rings (SSSR count). The third kappa shape index (κ3) is 2.27. The molecule has 0 saturated carbocycles. The van der Waals surface area contributed by atoms with Gasteiger partial charge in [-0.1, -0.05) is 17.5 Å². The van der Waals surface area contributed by atoms with Crippen molar-refractivity contribution in [2.75, 3.05) is 6.61 Å². The summed E-state index contributed by atoms with van der Waals surface area (Å²) in [7, 11) is 0. The number of hydrogen-bond acceptors (Lipinski definition) is 5. The Balaban J connectivity index is 2.55. The highest BCUT2D eigenvalue weighted by molar-refractivity contribution is 6.27. The van der Waals surface area contributed by atoms with Crippen LogP contribution in [0.5, 0.6) is 0 Å². The van der Waals surface area contributed by atoms with Crippen molar-refractivity contribution in [3.05, 3.63) is 33.1 Å². The number of alkyl halides is 1. The second-order valence-electron chi connectivity index (χ2n) is 4.31. The Morgan fingerprint density at radius 3 is 2.85 bits per heavy atom. The highest BCUT2D eigenvalue weighted by Gasteiger charge is 2.55. The third-order valence-electron chi connectivity index (χ3n) is 3.05. The van der Waals surface area contributed by atoms with E-state index in [0.29, 0.717) is 0 Å². The number of rotatable bonds is 2. The molecule has 1 aromatic rings. The highest BCUT2D eigenvalue weighted by Crippen LogP contribution is 2.42. The van der Waals surface area contributed by atoms with Gasteiger partial charge < -0.3 is 14.9 Å². The fourth-order valence-corrected chi connectivity index (χ4v) is 2.50. The first-order valence-electron chi connectivity index (χ1n) is 5.82. The van der Waals surface area contributed by atoms with Crippen molar-refractivity contribution in [3.8, 4) is 11.8 Å². The molecule has 0 aliphatic carbocycles. The average molecular weight is 301 g/mol. The number of nitrogens with one attached hydrogen (secondary N) is 1. The monoisotopic (exact) mass is 300 g/mol. The van der Waals surface area contributed by atoms with Gasteiger partial charge >= 0.3 is 5.69 Å². The molecular formula is C12H13ClN2O5. The van der Waals surface area contributed by atoms with Crippen LogP contribution < -0.4 is 11.2 Å². The maximum Gasteiger partial charge on any atom is 0.330 e. The number of halogens is 1. The second kappa shape index (κ2) is 5.42. The normalized spacial score (nSPS) is 32.7. The van der Waals surface area contributed by atoms with E-state index in [1.165, 1.54) is 13.1 Å². The van der Waals surface area contributed by atoms with Gasteiger partial charge in [-0.2, -0.15) is 0 Å². The van der Waals surface area contributed by atoms with Crippen molar-refractivity contribution in [1.29, 1.82) is 0 Å². The highest BCUT2D eigenvalue weighted by atomic mass is 35.5.